The SMILES string of the molecule is Cc1ccc(OCC(N)CC#N)cc1. The molecule has 1 rings (SSSR count). The van der Waals surface area contributed by atoms with Gasteiger partial charge in [0.25, 0.3) is 0 Å². The summed E-state index contributed by atoms with van der Waals surface area (Å²) >= 11 is 0. The van der Waals surface area contributed by atoms with E-state index in [0.29, 0.717) is 13.0 Å². The summed E-state index contributed by atoms with van der Waals surface area (Å²) in [5.74, 6) is 0.795. The van der Waals surface area contributed by atoms with Gasteiger partial charge in [-0.3, -0.25) is 0 Å². The molecule has 3 heteroatoms. The molecule has 3 nitrogen and oxygen atoms in total. The van der Waals surface area contributed by atoms with Crippen LogP contribution in [0.2, 0.25) is 0 Å². The van der Waals surface area contributed by atoms with Crippen LogP contribution < -0.4 is 10.5 Å². The van der Waals surface area contributed by atoms with E-state index in [4.69, 9.17) is 15.7 Å². The predicted octanol–water partition coefficient (Wildman–Crippen LogP) is 1.61. The number of benzene rings is 1. The first kappa shape index (κ1) is 10.6. The molecule has 1 unspecified atom stereocenters. The van der Waals surface area contributed by atoms with Crippen molar-refractivity contribution in [1.29, 1.82) is 5.26 Å². The molecular formula is C11H14N2O. The van der Waals surface area contributed by atoms with Gasteiger partial charge in [-0.25, -0.2) is 0 Å². The highest BCUT2D eigenvalue weighted by Gasteiger charge is 2.02. The van der Waals surface area contributed by atoms with E-state index in [-0.39, 0.29) is 6.04 Å². The first-order chi connectivity index (χ1) is 6.72. The third-order valence-corrected chi connectivity index (χ3v) is 1.84. The van der Waals surface area contributed by atoms with Gasteiger partial charge < -0.3 is 10.5 Å². The number of rotatable bonds is 4. The predicted molar refractivity (Wildman–Crippen MR) is 54.9 cm³/mol. The molecule has 0 spiro atoms. The summed E-state index contributed by atoms with van der Waals surface area (Å²) in [5, 5.41) is 8.38. The van der Waals surface area contributed by atoms with Crippen molar-refractivity contribution in [3.05, 3.63) is 29.8 Å². The summed E-state index contributed by atoms with van der Waals surface area (Å²) in [6.07, 6.45) is 0.325. The monoisotopic (exact) mass is 190 g/mol. The lowest BCUT2D eigenvalue weighted by molar-refractivity contribution is 0.290. The summed E-state index contributed by atoms with van der Waals surface area (Å²) < 4.78 is 5.40. The summed E-state index contributed by atoms with van der Waals surface area (Å²) in [5.41, 5.74) is 6.81. The van der Waals surface area contributed by atoms with Crippen molar-refractivity contribution in [3.63, 3.8) is 0 Å². The molecule has 1 atom stereocenters. The Morgan fingerprint density at radius 3 is 2.64 bits per heavy atom. The second-order valence-electron chi connectivity index (χ2n) is 3.25. The topological polar surface area (TPSA) is 59.0 Å². The summed E-state index contributed by atoms with van der Waals surface area (Å²) in [6.45, 7) is 2.40. The molecular weight excluding hydrogens is 176 g/mol. The minimum atomic E-state index is -0.207. The zero-order chi connectivity index (χ0) is 10.4. The number of ether oxygens (including phenoxy) is 1. The normalized spacial score (nSPS) is 11.8. The van der Waals surface area contributed by atoms with Crippen molar-refractivity contribution in [2.75, 3.05) is 6.61 Å². The Morgan fingerprint density at radius 1 is 1.43 bits per heavy atom. The summed E-state index contributed by atoms with van der Waals surface area (Å²) in [7, 11) is 0. The lowest BCUT2D eigenvalue weighted by Crippen LogP contribution is -2.27. The van der Waals surface area contributed by atoms with Gasteiger partial charge in [-0.15, -0.1) is 0 Å². The minimum absolute atomic E-state index is 0.207. The highest BCUT2D eigenvalue weighted by atomic mass is 16.5. The highest BCUT2D eigenvalue weighted by molar-refractivity contribution is 5.26. The first-order valence-electron chi connectivity index (χ1n) is 4.54. The highest BCUT2D eigenvalue weighted by Crippen LogP contribution is 2.11. The van der Waals surface area contributed by atoms with Crippen LogP contribution in [0.25, 0.3) is 0 Å². The molecule has 0 saturated carbocycles. The van der Waals surface area contributed by atoms with E-state index in [0.717, 1.165) is 5.75 Å². The van der Waals surface area contributed by atoms with Crippen LogP contribution in [0.4, 0.5) is 0 Å². The van der Waals surface area contributed by atoms with Gasteiger partial charge in [0, 0.05) is 0 Å². The average molecular weight is 190 g/mol. The Morgan fingerprint density at radius 2 is 2.07 bits per heavy atom. The molecule has 1 aromatic carbocycles. The molecule has 74 valence electrons. The molecule has 0 aromatic heterocycles. The molecule has 0 amide bonds. The maximum atomic E-state index is 8.38. The lowest BCUT2D eigenvalue weighted by Gasteiger charge is -2.09. The van der Waals surface area contributed by atoms with Crippen molar-refractivity contribution in [2.24, 2.45) is 5.73 Å². The van der Waals surface area contributed by atoms with E-state index in [1.165, 1.54) is 5.56 Å². The maximum absolute atomic E-state index is 8.38. The van der Waals surface area contributed by atoms with Gasteiger partial charge in [0.15, 0.2) is 0 Å². The van der Waals surface area contributed by atoms with Gasteiger partial charge in [-0.2, -0.15) is 5.26 Å². The number of nitrogens with two attached hydrogens (primary N) is 1. The van der Waals surface area contributed by atoms with Crippen molar-refractivity contribution < 1.29 is 4.74 Å². The number of aryl methyl sites for hydroxylation is 1. The van der Waals surface area contributed by atoms with Gasteiger partial charge in [0.05, 0.1) is 18.5 Å². The standard InChI is InChI=1S/C11H14N2O/c1-9-2-4-11(5-3-9)14-8-10(13)6-7-12/h2-5,10H,6,8,13H2,1H3. The largest absolute Gasteiger partial charge is 0.492 e. The molecule has 0 bridgehead atoms. The molecule has 0 radical (unpaired) electrons. The quantitative estimate of drug-likeness (QED) is 0.784. The smallest absolute Gasteiger partial charge is 0.119 e. The Labute approximate surface area is 84.1 Å². The van der Waals surface area contributed by atoms with Crippen LogP contribution in [0, 0.1) is 18.3 Å². The van der Waals surface area contributed by atoms with Gasteiger partial charge in [0.1, 0.15) is 12.4 Å². The molecule has 0 saturated heterocycles. The second-order valence-corrected chi connectivity index (χ2v) is 3.25. The van der Waals surface area contributed by atoms with Crippen LogP contribution in [0.5, 0.6) is 5.75 Å². The molecule has 0 aliphatic carbocycles. The van der Waals surface area contributed by atoms with E-state index >= 15 is 0 Å². The van der Waals surface area contributed by atoms with Crippen LogP contribution in [0.1, 0.15) is 12.0 Å². The van der Waals surface area contributed by atoms with E-state index in [2.05, 4.69) is 0 Å². The van der Waals surface area contributed by atoms with Crippen LogP contribution in [0.3, 0.4) is 0 Å². The average Bonchev–Trinajstić information content (AvgIpc) is 2.17. The number of hydrogen-bond donors (Lipinski definition) is 1. The van der Waals surface area contributed by atoms with Gasteiger partial charge in [-0.1, -0.05) is 17.7 Å². The molecule has 14 heavy (non-hydrogen) atoms. The van der Waals surface area contributed by atoms with Crippen molar-refractivity contribution in [1.82, 2.24) is 0 Å². The van der Waals surface area contributed by atoms with Crippen LogP contribution in [-0.4, -0.2) is 12.6 Å². The van der Waals surface area contributed by atoms with E-state index in [1.54, 1.807) is 0 Å². The summed E-state index contributed by atoms with van der Waals surface area (Å²) in [4.78, 5) is 0. The number of nitrogens with zero attached hydrogens (tertiary/aromatic N) is 1. The fraction of sp³-hybridized carbons (Fsp3) is 0.364. The first-order valence-corrected chi connectivity index (χ1v) is 4.54. The minimum Gasteiger partial charge on any atom is -0.492 e. The van der Waals surface area contributed by atoms with Gasteiger partial charge in [-0.05, 0) is 19.1 Å². The third-order valence-electron chi connectivity index (χ3n) is 1.84. The van der Waals surface area contributed by atoms with E-state index in [1.807, 2.05) is 37.3 Å². The Balaban J connectivity index is 2.39. The molecule has 0 aliphatic rings. The van der Waals surface area contributed by atoms with Crippen LogP contribution in [0.15, 0.2) is 24.3 Å². The number of hydrogen-bond acceptors (Lipinski definition) is 3. The maximum Gasteiger partial charge on any atom is 0.119 e. The zero-order valence-corrected chi connectivity index (χ0v) is 8.23. The van der Waals surface area contributed by atoms with Crippen molar-refractivity contribution in [2.45, 2.75) is 19.4 Å². The number of nitriles is 1. The Hall–Kier alpha value is -1.53. The van der Waals surface area contributed by atoms with Crippen LogP contribution in [-0.2, 0) is 0 Å². The lowest BCUT2D eigenvalue weighted by atomic mass is 10.2. The molecule has 2 N–H and O–H groups in total. The van der Waals surface area contributed by atoms with Crippen molar-refractivity contribution in [3.8, 4) is 11.8 Å². The third kappa shape index (κ3) is 3.46. The summed E-state index contributed by atoms with van der Waals surface area (Å²) in [6, 6.07) is 9.55. The molecule has 0 heterocycles. The zero-order valence-electron chi connectivity index (χ0n) is 8.23. The second kappa shape index (κ2) is 5.25. The van der Waals surface area contributed by atoms with E-state index in [9.17, 15) is 0 Å². The Bertz CT molecular complexity index is 313. The molecule has 0 aliphatic heterocycles. The molecule has 0 fully saturated rings. The Kier molecular flexibility index (Phi) is 3.96. The van der Waals surface area contributed by atoms with Gasteiger partial charge in [0.2, 0.25) is 0 Å². The van der Waals surface area contributed by atoms with E-state index < -0.39 is 0 Å². The van der Waals surface area contributed by atoms with Gasteiger partial charge >= 0.3 is 0 Å². The van der Waals surface area contributed by atoms with Crippen molar-refractivity contribution >= 4 is 0 Å². The van der Waals surface area contributed by atoms with Crippen LogP contribution >= 0.6 is 0 Å². The molecule has 1 aromatic rings. The fourth-order valence-corrected chi connectivity index (χ4v) is 1.01. The fourth-order valence-electron chi connectivity index (χ4n) is 1.01.